The largest absolute Gasteiger partial charge is 0.399 e. The lowest BCUT2D eigenvalue weighted by Gasteiger charge is -2.15. The van der Waals surface area contributed by atoms with Crippen LogP contribution in [0.5, 0.6) is 0 Å². The summed E-state index contributed by atoms with van der Waals surface area (Å²) in [6.07, 6.45) is 3.69. The van der Waals surface area contributed by atoms with E-state index in [4.69, 9.17) is 5.73 Å². The summed E-state index contributed by atoms with van der Waals surface area (Å²) in [6.45, 7) is 5.43. The molecule has 1 amide bonds. The maximum atomic E-state index is 13.5. The molecule has 1 fully saturated rings. The number of hydrogen-bond donors (Lipinski definition) is 2. The number of nitrogens with zero attached hydrogens (tertiary/aromatic N) is 1. The lowest BCUT2D eigenvalue weighted by Crippen LogP contribution is -2.23. The summed E-state index contributed by atoms with van der Waals surface area (Å²) in [5.74, 6) is 0.189. The minimum Gasteiger partial charge on any atom is -0.399 e. The number of nitrogens with two attached hydrogens (primary N) is 1. The number of hydrogen-bond acceptors (Lipinski definition) is 3. The Bertz CT molecular complexity index is 492. The average molecular weight is 293 g/mol. The SMILES string of the molecule is CCC1CCN(CCCC(=O)Nc2cc(N)ccc2F)C1. The molecule has 3 N–H and O–H groups in total. The smallest absolute Gasteiger partial charge is 0.224 e. The van der Waals surface area contributed by atoms with Crippen molar-refractivity contribution in [2.24, 2.45) is 5.92 Å². The molecule has 116 valence electrons. The summed E-state index contributed by atoms with van der Waals surface area (Å²) < 4.78 is 13.5. The number of carbonyl (C=O) groups excluding carboxylic acids is 1. The minimum absolute atomic E-state index is 0.159. The summed E-state index contributed by atoms with van der Waals surface area (Å²) in [7, 11) is 0. The van der Waals surface area contributed by atoms with E-state index >= 15 is 0 Å². The Balaban J connectivity index is 1.71. The van der Waals surface area contributed by atoms with E-state index in [1.54, 1.807) is 0 Å². The van der Waals surface area contributed by atoms with E-state index in [0.29, 0.717) is 12.1 Å². The fourth-order valence-corrected chi connectivity index (χ4v) is 2.76. The van der Waals surface area contributed by atoms with E-state index < -0.39 is 5.82 Å². The maximum Gasteiger partial charge on any atom is 0.224 e. The van der Waals surface area contributed by atoms with Crippen molar-refractivity contribution in [1.29, 1.82) is 0 Å². The first kappa shape index (κ1) is 15.8. The zero-order valence-corrected chi connectivity index (χ0v) is 12.6. The highest BCUT2D eigenvalue weighted by atomic mass is 19.1. The first-order valence-corrected chi connectivity index (χ1v) is 7.65. The van der Waals surface area contributed by atoms with Crippen LogP contribution in [-0.2, 0) is 4.79 Å². The Morgan fingerprint density at radius 3 is 3.05 bits per heavy atom. The van der Waals surface area contributed by atoms with Gasteiger partial charge in [-0.2, -0.15) is 0 Å². The van der Waals surface area contributed by atoms with E-state index in [-0.39, 0.29) is 11.6 Å². The van der Waals surface area contributed by atoms with Gasteiger partial charge in [-0.25, -0.2) is 4.39 Å². The summed E-state index contributed by atoms with van der Waals surface area (Å²) >= 11 is 0. The van der Waals surface area contributed by atoms with Gasteiger partial charge in [0.05, 0.1) is 5.69 Å². The van der Waals surface area contributed by atoms with Crippen LogP contribution in [0.25, 0.3) is 0 Å². The number of amides is 1. The molecule has 5 heteroatoms. The van der Waals surface area contributed by atoms with Gasteiger partial charge < -0.3 is 16.0 Å². The monoisotopic (exact) mass is 293 g/mol. The maximum absolute atomic E-state index is 13.5. The molecule has 0 saturated carbocycles. The van der Waals surface area contributed by atoms with Crippen LogP contribution in [-0.4, -0.2) is 30.4 Å². The summed E-state index contributed by atoms with van der Waals surface area (Å²) in [5, 5.41) is 2.58. The van der Waals surface area contributed by atoms with Crippen molar-refractivity contribution in [3.05, 3.63) is 24.0 Å². The normalized spacial score (nSPS) is 18.9. The molecule has 2 rings (SSSR count). The highest BCUT2D eigenvalue weighted by Gasteiger charge is 2.20. The lowest BCUT2D eigenvalue weighted by molar-refractivity contribution is -0.116. The Morgan fingerprint density at radius 1 is 1.52 bits per heavy atom. The van der Waals surface area contributed by atoms with Gasteiger partial charge >= 0.3 is 0 Å². The van der Waals surface area contributed by atoms with E-state index in [0.717, 1.165) is 32.0 Å². The molecule has 0 bridgehead atoms. The molecule has 0 aliphatic carbocycles. The molecular formula is C16H24FN3O. The number of benzene rings is 1. The van der Waals surface area contributed by atoms with Crippen LogP contribution in [0.4, 0.5) is 15.8 Å². The van der Waals surface area contributed by atoms with Gasteiger partial charge in [-0.1, -0.05) is 13.3 Å². The molecule has 0 spiro atoms. The Hall–Kier alpha value is -1.62. The van der Waals surface area contributed by atoms with Crippen molar-refractivity contribution in [1.82, 2.24) is 4.90 Å². The molecule has 1 aromatic rings. The second kappa shape index (κ2) is 7.41. The first-order chi connectivity index (χ1) is 10.1. The highest BCUT2D eigenvalue weighted by molar-refractivity contribution is 5.91. The van der Waals surface area contributed by atoms with E-state index in [2.05, 4.69) is 17.1 Å². The van der Waals surface area contributed by atoms with Crippen molar-refractivity contribution in [2.75, 3.05) is 30.7 Å². The van der Waals surface area contributed by atoms with E-state index in [1.807, 2.05) is 0 Å². The molecule has 1 unspecified atom stereocenters. The van der Waals surface area contributed by atoms with Gasteiger partial charge in [0.1, 0.15) is 5.82 Å². The molecule has 1 heterocycles. The number of carbonyl (C=O) groups is 1. The summed E-state index contributed by atoms with van der Waals surface area (Å²) in [4.78, 5) is 14.2. The van der Waals surface area contributed by atoms with E-state index in [9.17, 15) is 9.18 Å². The van der Waals surface area contributed by atoms with Crippen LogP contribution >= 0.6 is 0 Å². The van der Waals surface area contributed by atoms with Gasteiger partial charge in [0, 0.05) is 18.7 Å². The van der Waals surface area contributed by atoms with Crippen molar-refractivity contribution >= 4 is 17.3 Å². The number of rotatable bonds is 6. The van der Waals surface area contributed by atoms with Crippen molar-refractivity contribution in [2.45, 2.75) is 32.6 Å². The molecule has 4 nitrogen and oxygen atoms in total. The Labute approximate surface area is 125 Å². The molecule has 0 aromatic heterocycles. The average Bonchev–Trinajstić information content (AvgIpc) is 2.91. The van der Waals surface area contributed by atoms with Crippen LogP contribution in [0.3, 0.4) is 0 Å². The summed E-state index contributed by atoms with van der Waals surface area (Å²) in [6, 6.07) is 4.18. The number of anilines is 2. The number of nitrogens with one attached hydrogen (secondary N) is 1. The standard InChI is InChI=1S/C16H24FN3O/c1-2-12-7-9-20(11-12)8-3-4-16(21)19-15-10-13(18)5-6-14(15)17/h5-6,10,12H,2-4,7-9,11,18H2,1H3,(H,19,21). The van der Waals surface area contributed by atoms with Crippen LogP contribution < -0.4 is 11.1 Å². The van der Waals surface area contributed by atoms with Gasteiger partial charge in [0.25, 0.3) is 0 Å². The predicted octanol–water partition coefficient (Wildman–Crippen LogP) is 2.86. The van der Waals surface area contributed by atoms with Crippen LogP contribution in [0.15, 0.2) is 18.2 Å². The molecule has 0 radical (unpaired) electrons. The number of halogens is 1. The fourth-order valence-electron chi connectivity index (χ4n) is 2.76. The molecular weight excluding hydrogens is 269 g/mol. The van der Waals surface area contributed by atoms with Gasteiger partial charge in [0.15, 0.2) is 0 Å². The van der Waals surface area contributed by atoms with Crippen molar-refractivity contribution in [3.63, 3.8) is 0 Å². The van der Waals surface area contributed by atoms with Gasteiger partial charge in [0.2, 0.25) is 5.91 Å². The Morgan fingerprint density at radius 2 is 2.33 bits per heavy atom. The predicted molar refractivity (Wildman–Crippen MR) is 83.5 cm³/mol. The second-order valence-corrected chi connectivity index (χ2v) is 5.75. The first-order valence-electron chi connectivity index (χ1n) is 7.65. The van der Waals surface area contributed by atoms with Crippen LogP contribution in [0.1, 0.15) is 32.6 Å². The third-order valence-electron chi connectivity index (χ3n) is 4.09. The highest BCUT2D eigenvalue weighted by Crippen LogP contribution is 2.20. The quantitative estimate of drug-likeness (QED) is 0.793. The van der Waals surface area contributed by atoms with E-state index in [1.165, 1.54) is 31.0 Å². The van der Waals surface area contributed by atoms with Crippen molar-refractivity contribution < 1.29 is 9.18 Å². The second-order valence-electron chi connectivity index (χ2n) is 5.75. The molecule has 1 aliphatic rings. The number of likely N-dealkylation sites (tertiary alicyclic amines) is 1. The van der Waals surface area contributed by atoms with Crippen molar-refractivity contribution in [3.8, 4) is 0 Å². The topological polar surface area (TPSA) is 58.4 Å². The van der Waals surface area contributed by atoms with Crippen LogP contribution in [0.2, 0.25) is 0 Å². The Kier molecular flexibility index (Phi) is 5.56. The molecule has 1 saturated heterocycles. The third kappa shape index (κ3) is 4.70. The zero-order chi connectivity index (χ0) is 15.2. The van der Waals surface area contributed by atoms with Gasteiger partial charge in [-0.3, -0.25) is 4.79 Å². The lowest BCUT2D eigenvalue weighted by atomic mass is 10.1. The third-order valence-corrected chi connectivity index (χ3v) is 4.09. The van der Waals surface area contributed by atoms with Crippen LogP contribution in [0, 0.1) is 11.7 Å². The van der Waals surface area contributed by atoms with Gasteiger partial charge in [-0.05, 0) is 50.0 Å². The molecule has 1 aliphatic heterocycles. The molecule has 1 atom stereocenters. The number of nitrogen functional groups attached to an aromatic ring is 1. The minimum atomic E-state index is -0.456. The zero-order valence-electron chi connectivity index (χ0n) is 12.6. The van der Waals surface area contributed by atoms with Gasteiger partial charge in [-0.15, -0.1) is 0 Å². The fraction of sp³-hybridized carbons (Fsp3) is 0.562. The summed E-state index contributed by atoms with van der Waals surface area (Å²) in [5.41, 5.74) is 6.19. The molecule has 21 heavy (non-hydrogen) atoms. The molecule has 1 aromatic carbocycles.